The molecule has 118 valence electrons. The zero-order chi connectivity index (χ0) is 15.6. The van der Waals surface area contributed by atoms with Crippen LogP contribution < -0.4 is 5.32 Å². The number of rotatable bonds is 3. The molecule has 1 aromatic carbocycles. The van der Waals surface area contributed by atoms with Crippen LogP contribution >= 0.6 is 0 Å². The van der Waals surface area contributed by atoms with Gasteiger partial charge in [0.2, 0.25) is 0 Å². The van der Waals surface area contributed by atoms with Gasteiger partial charge in [0.25, 0.3) is 0 Å². The van der Waals surface area contributed by atoms with Crippen molar-refractivity contribution in [1.29, 1.82) is 5.26 Å². The van der Waals surface area contributed by atoms with E-state index in [9.17, 15) is 0 Å². The summed E-state index contributed by atoms with van der Waals surface area (Å²) in [6, 6.07) is 9.02. The Hall–Kier alpha value is -2.19. The molecule has 5 nitrogen and oxygen atoms in total. The molecule has 1 saturated heterocycles. The van der Waals surface area contributed by atoms with Gasteiger partial charge >= 0.3 is 0 Å². The monoisotopic (exact) mass is 307 g/mol. The summed E-state index contributed by atoms with van der Waals surface area (Å²) in [5.74, 6) is 0.861. The maximum Gasteiger partial charge on any atom is 0.137 e. The second-order valence-electron chi connectivity index (χ2n) is 6.61. The maximum atomic E-state index is 9.10. The minimum atomic E-state index is 0.469. The standard InChI is InChI=1S/C18H21N5/c19-11-13-2-7-17-16(10-13)18(21-12-20-17)22-14-3-5-15(6-4-14)23-8-1-9-23/h2,7,10,12,14-15H,1,3-6,8-9H2,(H,20,21,22). The van der Waals surface area contributed by atoms with Crippen LogP contribution in [0.1, 0.15) is 37.7 Å². The van der Waals surface area contributed by atoms with Gasteiger partial charge in [-0.1, -0.05) is 0 Å². The van der Waals surface area contributed by atoms with E-state index >= 15 is 0 Å². The van der Waals surface area contributed by atoms with Crippen molar-refractivity contribution in [2.45, 2.75) is 44.2 Å². The molecule has 0 unspecified atom stereocenters. The number of nitriles is 1. The average molecular weight is 307 g/mol. The van der Waals surface area contributed by atoms with Crippen LogP contribution in [0.3, 0.4) is 0 Å². The van der Waals surface area contributed by atoms with E-state index in [2.05, 4.69) is 26.3 Å². The fourth-order valence-corrected chi connectivity index (χ4v) is 3.73. The molecule has 0 spiro atoms. The van der Waals surface area contributed by atoms with Crippen molar-refractivity contribution in [2.75, 3.05) is 18.4 Å². The van der Waals surface area contributed by atoms with Gasteiger partial charge in [0, 0.05) is 17.5 Å². The smallest absolute Gasteiger partial charge is 0.137 e. The van der Waals surface area contributed by atoms with Crippen LogP contribution in [0.25, 0.3) is 10.9 Å². The molecule has 1 aromatic heterocycles. The van der Waals surface area contributed by atoms with Gasteiger partial charge in [-0.05, 0) is 63.4 Å². The largest absolute Gasteiger partial charge is 0.367 e. The molecule has 0 bridgehead atoms. The Balaban J connectivity index is 1.48. The van der Waals surface area contributed by atoms with E-state index < -0.39 is 0 Å². The Kier molecular flexibility index (Phi) is 3.84. The number of likely N-dealkylation sites (tertiary alicyclic amines) is 1. The predicted octanol–water partition coefficient (Wildman–Crippen LogP) is 2.93. The number of aromatic nitrogens is 2. The molecule has 2 aliphatic rings. The Morgan fingerprint density at radius 3 is 2.65 bits per heavy atom. The van der Waals surface area contributed by atoms with Crippen LogP contribution in [0.2, 0.25) is 0 Å². The number of nitrogens with one attached hydrogen (secondary N) is 1. The first kappa shape index (κ1) is 14.4. The summed E-state index contributed by atoms with van der Waals surface area (Å²) in [5, 5.41) is 13.6. The Morgan fingerprint density at radius 1 is 1.13 bits per heavy atom. The minimum absolute atomic E-state index is 0.469. The third-order valence-corrected chi connectivity index (χ3v) is 5.21. The molecular weight excluding hydrogens is 286 g/mol. The predicted molar refractivity (Wildman–Crippen MR) is 90.1 cm³/mol. The molecule has 2 fully saturated rings. The van der Waals surface area contributed by atoms with Crippen LogP contribution in [0, 0.1) is 11.3 Å². The van der Waals surface area contributed by atoms with Crippen LogP contribution in [0.15, 0.2) is 24.5 Å². The fraction of sp³-hybridized carbons (Fsp3) is 0.500. The van der Waals surface area contributed by atoms with Crippen molar-refractivity contribution >= 4 is 16.7 Å². The van der Waals surface area contributed by atoms with E-state index in [-0.39, 0.29) is 0 Å². The van der Waals surface area contributed by atoms with Gasteiger partial charge in [0.15, 0.2) is 0 Å². The van der Waals surface area contributed by atoms with Crippen molar-refractivity contribution in [1.82, 2.24) is 14.9 Å². The van der Waals surface area contributed by atoms with Gasteiger partial charge in [-0.2, -0.15) is 5.26 Å². The molecule has 23 heavy (non-hydrogen) atoms. The average Bonchev–Trinajstić information content (AvgIpc) is 2.55. The third-order valence-electron chi connectivity index (χ3n) is 5.21. The van der Waals surface area contributed by atoms with Gasteiger partial charge in [-0.3, -0.25) is 0 Å². The number of fused-ring (bicyclic) bond motifs is 1. The summed E-state index contributed by atoms with van der Waals surface area (Å²) in [4.78, 5) is 11.3. The maximum absolute atomic E-state index is 9.10. The lowest BCUT2D eigenvalue weighted by Crippen LogP contribution is -2.47. The fourth-order valence-electron chi connectivity index (χ4n) is 3.73. The summed E-state index contributed by atoms with van der Waals surface area (Å²) in [6.07, 6.45) is 7.87. The number of benzene rings is 1. The molecule has 0 radical (unpaired) electrons. The van der Waals surface area contributed by atoms with Crippen LogP contribution in [-0.2, 0) is 0 Å². The highest BCUT2D eigenvalue weighted by Gasteiger charge is 2.28. The van der Waals surface area contributed by atoms with Gasteiger partial charge < -0.3 is 10.2 Å². The second-order valence-corrected chi connectivity index (χ2v) is 6.61. The van der Waals surface area contributed by atoms with Gasteiger partial charge in [0.05, 0.1) is 17.1 Å². The van der Waals surface area contributed by atoms with Crippen molar-refractivity contribution in [3.8, 4) is 6.07 Å². The topological polar surface area (TPSA) is 64.8 Å². The Labute approximate surface area is 136 Å². The van der Waals surface area contributed by atoms with E-state index in [1.807, 2.05) is 12.1 Å². The van der Waals surface area contributed by atoms with E-state index in [0.29, 0.717) is 11.6 Å². The highest BCUT2D eigenvalue weighted by molar-refractivity contribution is 5.89. The van der Waals surface area contributed by atoms with E-state index in [1.54, 1.807) is 12.4 Å². The number of hydrogen-bond acceptors (Lipinski definition) is 5. The highest BCUT2D eigenvalue weighted by Crippen LogP contribution is 2.29. The van der Waals surface area contributed by atoms with Crippen molar-refractivity contribution in [3.05, 3.63) is 30.1 Å². The minimum Gasteiger partial charge on any atom is -0.367 e. The molecule has 2 aromatic rings. The van der Waals surface area contributed by atoms with Crippen molar-refractivity contribution in [3.63, 3.8) is 0 Å². The Morgan fingerprint density at radius 2 is 1.96 bits per heavy atom. The summed E-state index contributed by atoms with van der Waals surface area (Å²) in [5.41, 5.74) is 1.53. The summed E-state index contributed by atoms with van der Waals surface area (Å²) < 4.78 is 0. The molecule has 0 amide bonds. The first-order chi connectivity index (χ1) is 11.3. The highest BCUT2D eigenvalue weighted by atomic mass is 15.2. The Bertz CT molecular complexity index is 739. The first-order valence-corrected chi connectivity index (χ1v) is 8.49. The summed E-state index contributed by atoms with van der Waals surface area (Å²) >= 11 is 0. The summed E-state index contributed by atoms with van der Waals surface area (Å²) in [7, 11) is 0. The van der Waals surface area contributed by atoms with Crippen molar-refractivity contribution in [2.24, 2.45) is 0 Å². The molecule has 1 N–H and O–H groups in total. The normalized spacial score (nSPS) is 24.8. The molecule has 4 rings (SSSR count). The van der Waals surface area contributed by atoms with Gasteiger partial charge in [-0.25, -0.2) is 9.97 Å². The van der Waals surface area contributed by atoms with E-state index in [4.69, 9.17) is 5.26 Å². The number of nitrogens with zero attached hydrogens (tertiary/aromatic N) is 4. The lowest BCUT2D eigenvalue weighted by molar-refractivity contribution is 0.0889. The lowest BCUT2D eigenvalue weighted by Gasteiger charge is -2.42. The second kappa shape index (κ2) is 6.13. The van der Waals surface area contributed by atoms with Crippen LogP contribution in [-0.4, -0.2) is 40.0 Å². The molecule has 1 saturated carbocycles. The molecule has 0 atom stereocenters. The number of hydrogen-bond donors (Lipinski definition) is 1. The molecule has 2 heterocycles. The first-order valence-electron chi connectivity index (χ1n) is 8.49. The van der Waals surface area contributed by atoms with Crippen molar-refractivity contribution < 1.29 is 0 Å². The van der Waals surface area contributed by atoms with Gasteiger partial charge in [-0.15, -0.1) is 0 Å². The van der Waals surface area contributed by atoms with E-state index in [1.165, 1.54) is 45.2 Å². The summed E-state index contributed by atoms with van der Waals surface area (Å²) in [6.45, 7) is 2.58. The zero-order valence-electron chi connectivity index (χ0n) is 13.2. The van der Waals surface area contributed by atoms with Gasteiger partial charge in [0.1, 0.15) is 12.1 Å². The van der Waals surface area contributed by atoms with Crippen LogP contribution in [0.5, 0.6) is 0 Å². The molecular formula is C18H21N5. The lowest BCUT2D eigenvalue weighted by atomic mass is 9.88. The molecule has 1 aliphatic heterocycles. The quantitative estimate of drug-likeness (QED) is 0.944. The molecule has 1 aliphatic carbocycles. The SMILES string of the molecule is N#Cc1ccc2ncnc(NC3CCC(N4CCC4)CC3)c2c1. The number of anilines is 1. The molecule has 5 heteroatoms. The zero-order valence-corrected chi connectivity index (χ0v) is 13.2. The van der Waals surface area contributed by atoms with Crippen LogP contribution in [0.4, 0.5) is 5.82 Å². The van der Waals surface area contributed by atoms with E-state index in [0.717, 1.165) is 22.8 Å². The third kappa shape index (κ3) is 2.87.